The molecule has 3 heterocycles. The molecule has 0 bridgehead atoms. The predicted octanol–water partition coefficient (Wildman–Crippen LogP) is 1.25. The molecule has 1 saturated heterocycles. The Hall–Kier alpha value is -3.03. The van der Waals surface area contributed by atoms with Crippen LogP contribution in [-0.4, -0.2) is 75.0 Å². The first kappa shape index (κ1) is 17.4. The van der Waals surface area contributed by atoms with Gasteiger partial charge in [0.1, 0.15) is 12.6 Å². The maximum absolute atomic E-state index is 12.9. The minimum Gasteiger partial charge on any atom is -0.270 e. The molecular formula is C19H23N6O2+. The van der Waals surface area contributed by atoms with Gasteiger partial charge >= 0.3 is 12.0 Å². The number of rotatable bonds is 2. The summed E-state index contributed by atoms with van der Waals surface area (Å²) in [4.78, 5) is 32.5. The van der Waals surface area contributed by atoms with Crippen LogP contribution in [0.25, 0.3) is 0 Å². The Kier molecular flexibility index (Phi) is 3.87. The summed E-state index contributed by atoms with van der Waals surface area (Å²) in [5.41, 5.74) is 3.21. The summed E-state index contributed by atoms with van der Waals surface area (Å²) in [5, 5.41) is 6.55. The molecule has 1 aromatic carbocycles. The van der Waals surface area contributed by atoms with E-state index in [1.54, 1.807) is 7.05 Å². The van der Waals surface area contributed by atoms with E-state index in [1.807, 2.05) is 35.6 Å². The Morgan fingerprint density at radius 2 is 1.81 bits per heavy atom. The zero-order chi connectivity index (χ0) is 19.5. The van der Waals surface area contributed by atoms with Gasteiger partial charge in [0.2, 0.25) is 11.9 Å². The van der Waals surface area contributed by atoms with Crippen LogP contribution in [0.5, 0.6) is 0 Å². The van der Waals surface area contributed by atoms with Crippen molar-refractivity contribution < 1.29 is 14.2 Å². The highest BCUT2D eigenvalue weighted by Gasteiger charge is 2.55. The van der Waals surface area contributed by atoms with Crippen molar-refractivity contribution >= 4 is 29.4 Å². The lowest BCUT2D eigenvalue weighted by Crippen LogP contribution is -2.63. The third-order valence-electron chi connectivity index (χ3n) is 5.56. The molecule has 8 heteroatoms. The second-order valence-corrected chi connectivity index (χ2v) is 7.22. The second-order valence-electron chi connectivity index (χ2n) is 7.22. The molecule has 140 valence electrons. The summed E-state index contributed by atoms with van der Waals surface area (Å²) < 4.78 is 1.97. The van der Waals surface area contributed by atoms with Gasteiger partial charge in [-0.1, -0.05) is 29.3 Å². The number of fused-ring (bicyclic) bond motifs is 2. The number of benzene rings is 1. The fraction of sp³-hybridized carbons (Fsp3) is 0.421. The van der Waals surface area contributed by atoms with E-state index in [0.717, 1.165) is 16.2 Å². The molecular weight excluding hydrogens is 344 g/mol. The molecule has 1 fully saturated rings. The van der Waals surface area contributed by atoms with E-state index in [-0.39, 0.29) is 18.0 Å². The summed E-state index contributed by atoms with van der Waals surface area (Å²) in [6.45, 7) is 6.57. The number of hydrazone groups is 1. The van der Waals surface area contributed by atoms with Crippen molar-refractivity contribution in [3.05, 3.63) is 35.4 Å². The fourth-order valence-corrected chi connectivity index (χ4v) is 3.71. The molecule has 3 aliphatic heterocycles. The van der Waals surface area contributed by atoms with Crippen LogP contribution in [0.3, 0.4) is 0 Å². The smallest absolute Gasteiger partial charge is 0.270 e. The number of urea groups is 1. The summed E-state index contributed by atoms with van der Waals surface area (Å²) in [6, 6.07) is 7.07. The summed E-state index contributed by atoms with van der Waals surface area (Å²) >= 11 is 0. The Labute approximate surface area is 158 Å². The first-order valence-corrected chi connectivity index (χ1v) is 8.97. The van der Waals surface area contributed by atoms with Crippen LogP contribution in [0.1, 0.15) is 25.0 Å². The molecule has 0 aliphatic carbocycles. The van der Waals surface area contributed by atoms with Gasteiger partial charge in [0, 0.05) is 14.1 Å². The standard InChI is InChI=1S/C19H23N6O2/c1-11-8-6-7-9-14(11)10-24-18-20-16-15(25(18)13(3)12(2)21-24)17(26)23(5)19(27)22(16)4/h6-9,13,15H,10H2,1-5H3/q+1. The molecule has 27 heavy (non-hydrogen) atoms. The van der Waals surface area contributed by atoms with Crippen LogP contribution >= 0.6 is 0 Å². The zero-order valence-corrected chi connectivity index (χ0v) is 16.2. The second kappa shape index (κ2) is 6.00. The Morgan fingerprint density at radius 3 is 2.52 bits per heavy atom. The molecule has 2 unspecified atom stereocenters. The lowest BCUT2D eigenvalue weighted by Gasteiger charge is -2.33. The molecule has 0 spiro atoms. The number of nitrogens with zero attached hydrogens (tertiary/aromatic N) is 6. The van der Waals surface area contributed by atoms with Gasteiger partial charge in [0.25, 0.3) is 5.91 Å². The SMILES string of the molecule is CC1=NN(Cc2ccccc2C)C2=[N+](C1C)C1C(=O)N(C)C(=O)N(C)C1=N2. The Bertz CT molecular complexity index is 947. The Morgan fingerprint density at radius 1 is 1.11 bits per heavy atom. The summed E-state index contributed by atoms with van der Waals surface area (Å²) in [6.07, 6.45) is 0. The molecule has 4 rings (SSSR count). The first-order valence-electron chi connectivity index (χ1n) is 8.97. The lowest BCUT2D eigenvalue weighted by molar-refractivity contribution is -0.559. The summed E-state index contributed by atoms with van der Waals surface area (Å²) in [5.74, 6) is 0.813. The van der Waals surface area contributed by atoms with E-state index in [2.05, 4.69) is 24.0 Å². The highest BCUT2D eigenvalue weighted by Crippen LogP contribution is 2.26. The van der Waals surface area contributed by atoms with E-state index in [0.29, 0.717) is 18.3 Å². The Balaban J connectivity index is 1.79. The third-order valence-corrected chi connectivity index (χ3v) is 5.56. The van der Waals surface area contributed by atoms with Crippen molar-refractivity contribution in [3.8, 4) is 0 Å². The quantitative estimate of drug-likeness (QED) is 0.739. The average Bonchev–Trinajstić information content (AvgIpc) is 3.05. The van der Waals surface area contributed by atoms with Crippen LogP contribution in [0.4, 0.5) is 4.79 Å². The van der Waals surface area contributed by atoms with E-state index in [4.69, 9.17) is 5.10 Å². The van der Waals surface area contributed by atoms with Crippen molar-refractivity contribution in [2.75, 3.05) is 14.1 Å². The van der Waals surface area contributed by atoms with E-state index in [9.17, 15) is 9.59 Å². The van der Waals surface area contributed by atoms with Gasteiger partial charge in [-0.25, -0.2) is 9.37 Å². The number of hydrogen-bond acceptors (Lipinski definition) is 5. The van der Waals surface area contributed by atoms with Crippen molar-refractivity contribution in [1.29, 1.82) is 0 Å². The van der Waals surface area contributed by atoms with Crippen LogP contribution < -0.4 is 0 Å². The number of carbonyl (C=O) groups is 2. The molecule has 3 amide bonds. The number of amides is 3. The van der Waals surface area contributed by atoms with Crippen molar-refractivity contribution in [2.24, 2.45) is 10.1 Å². The predicted molar refractivity (Wildman–Crippen MR) is 102 cm³/mol. The normalized spacial score (nSPS) is 24.9. The highest BCUT2D eigenvalue weighted by molar-refractivity contribution is 6.23. The van der Waals surface area contributed by atoms with Crippen molar-refractivity contribution in [3.63, 3.8) is 0 Å². The van der Waals surface area contributed by atoms with Gasteiger partial charge in [0.05, 0.1) is 5.71 Å². The number of amidine groups is 1. The van der Waals surface area contributed by atoms with E-state index < -0.39 is 6.04 Å². The maximum atomic E-state index is 12.9. The van der Waals surface area contributed by atoms with Gasteiger partial charge in [-0.3, -0.25) is 14.6 Å². The average molecular weight is 367 g/mol. The molecule has 8 nitrogen and oxygen atoms in total. The zero-order valence-electron chi connectivity index (χ0n) is 16.2. The number of hydrogen-bond donors (Lipinski definition) is 0. The van der Waals surface area contributed by atoms with Gasteiger partial charge in [0.15, 0.2) is 0 Å². The van der Waals surface area contributed by atoms with E-state index >= 15 is 0 Å². The minimum absolute atomic E-state index is 0.0849. The number of imide groups is 1. The number of carbonyl (C=O) groups excluding carboxylic acids is 2. The van der Waals surface area contributed by atoms with Gasteiger partial charge in [-0.2, -0.15) is 0 Å². The van der Waals surface area contributed by atoms with Gasteiger partial charge in [-0.05, 0) is 31.9 Å². The van der Waals surface area contributed by atoms with Crippen molar-refractivity contribution in [2.45, 2.75) is 39.4 Å². The number of aliphatic imine (C=N–C) groups is 1. The van der Waals surface area contributed by atoms with Gasteiger partial charge in [-0.15, -0.1) is 10.1 Å². The maximum Gasteiger partial charge on any atom is 0.417 e. The number of likely N-dealkylation sites (N-methyl/N-ethyl adjacent to an activating group) is 2. The summed E-state index contributed by atoms with van der Waals surface area (Å²) in [7, 11) is 3.16. The van der Waals surface area contributed by atoms with E-state index in [1.165, 1.54) is 17.5 Å². The van der Waals surface area contributed by atoms with Crippen molar-refractivity contribution in [1.82, 2.24) is 14.8 Å². The molecule has 0 aromatic heterocycles. The van der Waals surface area contributed by atoms with Crippen LogP contribution in [0.15, 0.2) is 34.4 Å². The number of guanidine groups is 1. The topological polar surface area (TPSA) is 71.6 Å². The molecule has 0 saturated carbocycles. The first-order chi connectivity index (χ1) is 12.8. The fourth-order valence-electron chi connectivity index (χ4n) is 3.71. The van der Waals surface area contributed by atoms with Crippen LogP contribution in [0.2, 0.25) is 0 Å². The number of aryl methyl sites for hydroxylation is 1. The van der Waals surface area contributed by atoms with Crippen LogP contribution in [-0.2, 0) is 11.3 Å². The molecule has 3 aliphatic rings. The lowest BCUT2D eigenvalue weighted by atomic mass is 10.1. The molecule has 2 atom stereocenters. The molecule has 0 N–H and O–H groups in total. The third kappa shape index (κ3) is 2.47. The molecule has 0 radical (unpaired) electrons. The van der Waals surface area contributed by atoms with Gasteiger partial charge < -0.3 is 0 Å². The minimum atomic E-state index is -0.604. The van der Waals surface area contributed by atoms with Crippen LogP contribution in [0, 0.1) is 6.92 Å². The monoisotopic (exact) mass is 367 g/mol. The largest absolute Gasteiger partial charge is 0.417 e. The molecule has 1 aromatic rings. The highest BCUT2D eigenvalue weighted by atomic mass is 16.2.